The van der Waals surface area contributed by atoms with E-state index in [2.05, 4.69) is 26.4 Å². The Labute approximate surface area is 112 Å². The normalized spacial score (nSPS) is 13.4. The maximum Gasteiger partial charge on any atom is 0.263 e. The first-order valence-corrected chi connectivity index (χ1v) is 6.78. The lowest BCUT2D eigenvalue weighted by Gasteiger charge is -2.16. The number of hydrogen-bond acceptors (Lipinski definition) is 4. The van der Waals surface area contributed by atoms with E-state index >= 15 is 0 Å². The molecule has 1 amide bonds. The molecule has 0 saturated carbocycles. The van der Waals surface area contributed by atoms with Crippen molar-refractivity contribution in [2.45, 2.75) is 25.8 Å². The quantitative estimate of drug-likeness (QED) is 0.336. The number of nitrogens with zero attached hydrogens (tertiary/aromatic N) is 1. The van der Waals surface area contributed by atoms with Crippen LogP contribution in [0.5, 0.6) is 0 Å². The van der Waals surface area contributed by atoms with Crippen LogP contribution in [-0.2, 0) is 0 Å². The molecule has 0 aromatic carbocycles. The number of oxime groups is 1. The predicted molar refractivity (Wildman–Crippen MR) is 71.6 cm³/mol. The summed E-state index contributed by atoms with van der Waals surface area (Å²) in [7, 11) is 0. The fraction of sp³-hybridized carbons (Fsp3) is 0.400. The van der Waals surface area contributed by atoms with Crippen molar-refractivity contribution in [1.82, 2.24) is 5.32 Å². The molecule has 0 saturated heterocycles. The number of rotatable bonds is 5. The van der Waals surface area contributed by atoms with Crippen molar-refractivity contribution < 1.29 is 10.0 Å². The Morgan fingerprint density at radius 3 is 2.94 bits per heavy atom. The van der Waals surface area contributed by atoms with Crippen LogP contribution < -0.4 is 11.1 Å². The van der Waals surface area contributed by atoms with E-state index < -0.39 is 6.04 Å². The van der Waals surface area contributed by atoms with Crippen LogP contribution in [0.2, 0.25) is 0 Å². The fourth-order valence-electron chi connectivity index (χ4n) is 1.33. The maximum atomic E-state index is 11.9. The summed E-state index contributed by atoms with van der Waals surface area (Å²) < 4.78 is 0.745. The molecule has 0 bridgehead atoms. The van der Waals surface area contributed by atoms with E-state index in [1.54, 1.807) is 6.07 Å². The zero-order valence-electron chi connectivity index (χ0n) is 9.31. The van der Waals surface area contributed by atoms with Gasteiger partial charge in [-0.3, -0.25) is 4.79 Å². The van der Waals surface area contributed by atoms with Crippen LogP contribution in [0.3, 0.4) is 0 Å². The summed E-state index contributed by atoms with van der Waals surface area (Å²) in [6.07, 6.45) is 1.46. The van der Waals surface area contributed by atoms with Gasteiger partial charge < -0.3 is 16.3 Å². The fourth-order valence-corrected chi connectivity index (χ4v) is 2.79. The van der Waals surface area contributed by atoms with Crippen LogP contribution >= 0.6 is 27.3 Å². The molecule has 1 unspecified atom stereocenters. The zero-order chi connectivity index (χ0) is 12.8. The SMILES string of the molecule is CCCC(NC(=O)c1sccc1Br)C(N)=NO. The zero-order valence-corrected chi connectivity index (χ0v) is 11.7. The minimum absolute atomic E-state index is 0.0212. The topological polar surface area (TPSA) is 87.7 Å². The molecule has 0 aliphatic rings. The van der Waals surface area contributed by atoms with Crippen molar-refractivity contribution in [3.8, 4) is 0 Å². The number of nitrogens with two attached hydrogens (primary N) is 1. The van der Waals surface area contributed by atoms with Crippen molar-refractivity contribution in [3.05, 3.63) is 20.8 Å². The van der Waals surface area contributed by atoms with Crippen LogP contribution in [0.1, 0.15) is 29.4 Å². The Hall–Kier alpha value is -1.08. The summed E-state index contributed by atoms with van der Waals surface area (Å²) in [6, 6.07) is 1.37. The van der Waals surface area contributed by atoms with Crippen LogP contribution in [0, 0.1) is 0 Å². The summed E-state index contributed by atoms with van der Waals surface area (Å²) in [6.45, 7) is 1.96. The molecule has 94 valence electrons. The van der Waals surface area contributed by atoms with E-state index in [1.807, 2.05) is 12.3 Å². The number of carbonyl (C=O) groups excluding carboxylic acids is 1. The summed E-state index contributed by atoms with van der Waals surface area (Å²) in [5.74, 6) is -0.204. The third-order valence-corrected chi connectivity index (χ3v) is 4.02. The number of thiophene rings is 1. The molecule has 4 N–H and O–H groups in total. The second kappa shape index (κ2) is 6.61. The first kappa shape index (κ1) is 14.0. The lowest BCUT2D eigenvalue weighted by molar-refractivity contribution is 0.0948. The molecule has 1 aromatic heterocycles. The molecule has 0 spiro atoms. The van der Waals surface area contributed by atoms with Gasteiger partial charge in [0.15, 0.2) is 5.84 Å². The van der Waals surface area contributed by atoms with E-state index in [0.717, 1.165) is 10.9 Å². The van der Waals surface area contributed by atoms with Crippen molar-refractivity contribution in [2.75, 3.05) is 0 Å². The second-order valence-electron chi connectivity index (χ2n) is 3.44. The molecule has 5 nitrogen and oxygen atoms in total. The van der Waals surface area contributed by atoms with Gasteiger partial charge in [-0.2, -0.15) is 0 Å². The molecular weight excluding hydrogens is 306 g/mol. The van der Waals surface area contributed by atoms with Crippen molar-refractivity contribution in [3.63, 3.8) is 0 Å². The number of carbonyl (C=O) groups is 1. The summed E-state index contributed by atoms with van der Waals surface area (Å²) in [4.78, 5) is 12.5. The third-order valence-electron chi connectivity index (χ3n) is 2.18. The molecule has 1 rings (SSSR count). The van der Waals surface area contributed by atoms with E-state index in [1.165, 1.54) is 11.3 Å². The molecule has 0 aliphatic carbocycles. The lowest BCUT2D eigenvalue weighted by atomic mass is 10.1. The number of amides is 1. The van der Waals surface area contributed by atoms with Gasteiger partial charge in [0.05, 0.1) is 6.04 Å². The Bertz CT molecular complexity index is 419. The van der Waals surface area contributed by atoms with Crippen molar-refractivity contribution >= 4 is 39.0 Å². The lowest BCUT2D eigenvalue weighted by Crippen LogP contribution is -2.44. The molecular formula is C10H14BrN3O2S. The summed E-state index contributed by atoms with van der Waals surface area (Å²) in [5, 5.41) is 16.1. The molecule has 0 radical (unpaired) electrons. The molecule has 7 heteroatoms. The monoisotopic (exact) mass is 319 g/mol. The third kappa shape index (κ3) is 3.71. The van der Waals surface area contributed by atoms with Crippen LogP contribution in [0.15, 0.2) is 21.1 Å². The highest BCUT2D eigenvalue weighted by Gasteiger charge is 2.19. The highest BCUT2D eigenvalue weighted by Crippen LogP contribution is 2.22. The number of halogens is 1. The van der Waals surface area contributed by atoms with Gasteiger partial charge in [0.1, 0.15) is 4.88 Å². The van der Waals surface area contributed by atoms with Gasteiger partial charge in [0, 0.05) is 4.47 Å². The molecule has 1 atom stereocenters. The second-order valence-corrected chi connectivity index (χ2v) is 5.21. The van der Waals surface area contributed by atoms with Crippen LogP contribution in [0.4, 0.5) is 0 Å². The highest BCUT2D eigenvalue weighted by atomic mass is 79.9. The first-order chi connectivity index (χ1) is 8.10. The van der Waals surface area contributed by atoms with Gasteiger partial charge in [-0.25, -0.2) is 0 Å². The first-order valence-electron chi connectivity index (χ1n) is 5.11. The smallest absolute Gasteiger partial charge is 0.263 e. The van der Waals surface area contributed by atoms with Gasteiger partial charge in [-0.1, -0.05) is 18.5 Å². The number of amidine groups is 1. The van der Waals surface area contributed by atoms with Gasteiger partial charge in [0.25, 0.3) is 5.91 Å². The average Bonchev–Trinajstić information content (AvgIpc) is 2.73. The number of nitrogens with one attached hydrogen (secondary N) is 1. The maximum absolute atomic E-state index is 11.9. The van der Waals surface area contributed by atoms with Gasteiger partial charge in [0.2, 0.25) is 0 Å². The van der Waals surface area contributed by atoms with Gasteiger partial charge >= 0.3 is 0 Å². The van der Waals surface area contributed by atoms with E-state index in [0.29, 0.717) is 11.3 Å². The minimum Gasteiger partial charge on any atom is -0.409 e. The van der Waals surface area contributed by atoms with E-state index in [9.17, 15) is 4.79 Å². The van der Waals surface area contributed by atoms with E-state index in [-0.39, 0.29) is 11.7 Å². The molecule has 0 aliphatic heterocycles. The average molecular weight is 320 g/mol. The molecule has 17 heavy (non-hydrogen) atoms. The number of hydrogen-bond donors (Lipinski definition) is 3. The Morgan fingerprint density at radius 1 is 1.76 bits per heavy atom. The molecule has 1 heterocycles. The largest absolute Gasteiger partial charge is 0.409 e. The van der Waals surface area contributed by atoms with Crippen LogP contribution in [-0.4, -0.2) is 23.0 Å². The molecule has 0 fully saturated rings. The standard InChI is InChI=1S/C10H14BrN3O2S/c1-2-3-7(9(12)14-16)13-10(15)8-6(11)4-5-17-8/h4-5,7,16H,2-3H2,1H3,(H2,12,14)(H,13,15). The van der Waals surface area contributed by atoms with Crippen molar-refractivity contribution in [2.24, 2.45) is 10.9 Å². The highest BCUT2D eigenvalue weighted by molar-refractivity contribution is 9.10. The van der Waals surface area contributed by atoms with Gasteiger partial charge in [-0.05, 0) is 33.8 Å². The Balaban J connectivity index is 2.74. The minimum atomic E-state index is -0.438. The summed E-state index contributed by atoms with van der Waals surface area (Å²) in [5.41, 5.74) is 5.52. The van der Waals surface area contributed by atoms with Crippen molar-refractivity contribution in [1.29, 1.82) is 0 Å². The predicted octanol–water partition coefficient (Wildman–Crippen LogP) is 2.16. The Kier molecular flexibility index (Phi) is 5.43. The van der Waals surface area contributed by atoms with E-state index in [4.69, 9.17) is 10.9 Å². The Morgan fingerprint density at radius 2 is 2.47 bits per heavy atom. The van der Waals surface area contributed by atoms with Crippen LogP contribution in [0.25, 0.3) is 0 Å². The summed E-state index contributed by atoms with van der Waals surface area (Å²) >= 11 is 4.62. The molecule has 1 aromatic rings. The van der Waals surface area contributed by atoms with Gasteiger partial charge in [-0.15, -0.1) is 11.3 Å².